The van der Waals surface area contributed by atoms with Crippen molar-refractivity contribution in [3.8, 4) is 0 Å². The van der Waals surface area contributed by atoms with Crippen LogP contribution in [-0.2, 0) is 21.4 Å². The van der Waals surface area contributed by atoms with Crippen molar-refractivity contribution < 1.29 is 17.6 Å². The van der Waals surface area contributed by atoms with Crippen LogP contribution in [0.15, 0.2) is 65.7 Å². The second-order valence-electron chi connectivity index (χ2n) is 5.84. The first-order valence-corrected chi connectivity index (χ1v) is 9.48. The number of halogens is 1. The quantitative estimate of drug-likeness (QED) is 0.679. The fourth-order valence-corrected chi connectivity index (χ4v) is 3.44. The van der Waals surface area contributed by atoms with Gasteiger partial charge in [-0.25, -0.2) is 12.8 Å². The third kappa shape index (κ3) is 4.91. The van der Waals surface area contributed by atoms with Crippen LogP contribution >= 0.6 is 0 Å². The summed E-state index contributed by atoms with van der Waals surface area (Å²) in [5.41, 5.74) is 1.21. The zero-order chi connectivity index (χ0) is 19.4. The first-order valence-electron chi connectivity index (χ1n) is 8.00. The van der Waals surface area contributed by atoms with Gasteiger partial charge in [0.1, 0.15) is 5.82 Å². The van der Waals surface area contributed by atoms with Gasteiger partial charge in [0.15, 0.2) is 5.82 Å². The number of hydrogen-bond donors (Lipinski definition) is 2. The van der Waals surface area contributed by atoms with E-state index in [4.69, 9.17) is 0 Å². The molecule has 0 aliphatic rings. The molecule has 0 radical (unpaired) electrons. The molecule has 2 aromatic carbocycles. The molecule has 0 aliphatic carbocycles. The predicted molar refractivity (Wildman–Crippen MR) is 99.3 cm³/mol. The third-order valence-electron chi connectivity index (χ3n) is 3.60. The van der Waals surface area contributed by atoms with Crippen molar-refractivity contribution in [1.29, 1.82) is 0 Å². The molecule has 0 saturated heterocycles. The van der Waals surface area contributed by atoms with Crippen LogP contribution in [-0.4, -0.2) is 24.1 Å². The molecule has 0 aliphatic heterocycles. The van der Waals surface area contributed by atoms with Crippen LogP contribution in [0.25, 0.3) is 0 Å². The highest BCUT2D eigenvalue weighted by Gasteiger charge is 2.15. The van der Waals surface area contributed by atoms with Gasteiger partial charge in [0.25, 0.3) is 10.0 Å². The lowest BCUT2D eigenvalue weighted by Crippen LogP contribution is -2.14. The minimum atomic E-state index is -3.82. The standard InChI is InChI=1S/C18H17FN4O3S/c1-13(24)20-16-5-7-17(8-6-16)27(25,26)22-18-9-10-23(21-18)12-14-3-2-4-15(19)11-14/h2-11H,12H2,1H3,(H,20,24)(H,21,22). The molecular formula is C18H17FN4O3S. The van der Waals surface area contributed by atoms with E-state index in [1.807, 2.05) is 0 Å². The fraction of sp³-hybridized carbons (Fsp3) is 0.111. The van der Waals surface area contributed by atoms with Crippen molar-refractivity contribution in [3.63, 3.8) is 0 Å². The van der Waals surface area contributed by atoms with Crippen LogP contribution < -0.4 is 10.0 Å². The number of nitrogens with one attached hydrogen (secondary N) is 2. The molecule has 0 atom stereocenters. The minimum absolute atomic E-state index is 0.0382. The maximum atomic E-state index is 13.2. The van der Waals surface area contributed by atoms with E-state index in [-0.39, 0.29) is 22.4 Å². The van der Waals surface area contributed by atoms with E-state index in [9.17, 15) is 17.6 Å². The first kappa shape index (κ1) is 18.6. The molecule has 0 spiro atoms. The lowest BCUT2D eigenvalue weighted by molar-refractivity contribution is -0.114. The molecule has 7 nitrogen and oxygen atoms in total. The van der Waals surface area contributed by atoms with Gasteiger partial charge in [-0.1, -0.05) is 12.1 Å². The highest BCUT2D eigenvalue weighted by atomic mass is 32.2. The number of amides is 1. The van der Waals surface area contributed by atoms with Crippen molar-refractivity contribution in [2.24, 2.45) is 0 Å². The fourth-order valence-electron chi connectivity index (χ4n) is 2.44. The molecule has 1 heterocycles. The summed E-state index contributed by atoms with van der Waals surface area (Å²) in [5, 5.41) is 6.72. The summed E-state index contributed by atoms with van der Waals surface area (Å²) in [6.07, 6.45) is 1.60. The van der Waals surface area contributed by atoms with Gasteiger partial charge in [0, 0.05) is 24.9 Å². The van der Waals surface area contributed by atoms with Crippen molar-refractivity contribution in [2.45, 2.75) is 18.4 Å². The summed E-state index contributed by atoms with van der Waals surface area (Å²) in [5.74, 6) is -0.437. The monoisotopic (exact) mass is 388 g/mol. The smallest absolute Gasteiger partial charge is 0.263 e. The van der Waals surface area contributed by atoms with E-state index < -0.39 is 10.0 Å². The lowest BCUT2D eigenvalue weighted by Gasteiger charge is -2.07. The Morgan fingerprint density at radius 3 is 2.56 bits per heavy atom. The van der Waals surface area contributed by atoms with E-state index in [2.05, 4.69) is 15.1 Å². The molecule has 1 amide bonds. The molecule has 0 saturated carbocycles. The van der Waals surface area contributed by atoms with E-state index >= 15 is 0 Å². The number of anilines is 2. The van der Waals surface area contributed by atoms with Crippen LogP contribution in [0.4, 0.5) is 15.9 Å². The average molecular weight is 388 g/mol. The Labute approximate surface area is 155 Å². The van der Waals surface area contributed by atoms with E-state index in [1.54, 1.807) is 18.3 Å². The number of rotatable bonds is 6. The Morgan fingerprint density at radius 2 is 1.89 bits per heavy atom. The predicted octanol–water partition coefficient (Wildman–Crippen LogP) is 2.83. The molecule has 9 heteroatoms. The second kappa shape index (κ2) is 7.58. The van der Waals surface area contributed by atoms with E-state index in [0.717, 1.165) is 0 Å². The molecule has 0 bridgehead atoms. The van der Waals surface area contributed by atoms with Gasteiger partial charge in [0.05, 0.1) is 11.4 Å². The SMILES string of the molecule is CC(=O)Nc1ccc(S(=O)(=O)Nc2ccn(Cc3cccc(F)c3)n2)cc1. The molecule has 2 N–H and O–H groups in total. The lowest BCUT2D eigenvalue weighted by atomic mass is 10.2. The van der Waals surface area contributed by atoms with Crippen molar-refractivity contribution >= 4 is 27.4 Å². The maximum absolute atomic E-state index is 13.2. The van der Waals surface area contributed by atoms with Crippen LogP contribution in [0.5, 0.6) is 0 Å². The molecule has 3 aromatic rings. The summed E-state index contributed by atoms with van der Waals surface area (Å²) < 4.78 is 42.0. The summed E-state index contributed by atoms with van der Waals surface area (Å²) >= 11 is 0. The maximum Gasteiger partial charge on any atom is 0.263 e. The number of benzene rings is 2. The highest BCUT2D eigenvalue weighted by molar-refractivity contribution is 7.92. The number of sulfonamides is 1. The number of hydrogen-bond acceptors (Lipinski definition) is 4. The van der Waals surface area contributed by atoms with Gasteiger partial charge in [0.2, 0.25) is 5.91 Å². The molecule has 1 aromatic heterocycles. The largest absolute Gasteiger partial charge is 0.326 e. The Kier molecular flexibility index (Phi) is 5.22. The normalized spacial score (nSPS) is 11.2. The Balaban J connectivity index is 1.71. The Bertz CT molecular complexity index is 1060. The van der Waals surface area contributed by atoms with Gasteiger partial charge in [-0.3, -0.25) is 14.2 Å². The summed E-state index contributed by atoms with van der Waals surface area (Å²) in [7, 11) is -3.82. The number of aromatic nitrogens is 2. The first-order chi connectivity index (χ1) is 12.8. The summed E-state index contributed by atoms with van der Waals surface area (Å²) in [6, 6.07) is 13.4. The molecule has 27 heavy (non-hydrogen) atoms. The molecule has 3 rings (SSSR count). The van der Waals surface area contributed by atoms with Crippen LogP contribution in [0.1, 0.15) is 12.5 Å². The van der Waals surface area contributed by atoms with E-state index in [0.29, 0.717) is 17.8 Å². The van der Waals surface area contributed by atoms with Crippen molar-refractivity contribution in [2.75, 3.05) is 10.0 Å². The van der Waals surface area contributed by atoms with Gasteiger partial charge in [-0.15, -0.1) is 0 Å². The molecule has 140 valence electrons. The molecule has 0 fully saturated rings. The van der Waals surface area contributed by atoms with E-state index in [1.165, 1.54) is 54.1 Å². The third-order valence-corrected chi connectivity index (χ3v) is 4.97. The Hall–Kier alpha value is -3.20. The van der Waals surface area contributed by atoms with Crippen LogP contribution in [0.3, 0.4) is 0 Å². The van der Waals surface area contributed by atoms with Gasteiger partial charge >= 0.3 is 0 Å². The average Bonchev–Trinajstić information content (AvgIpc) is 3.01. The number of nitrogens with zero attached hydrogens (tertiary/aromatic N) is 2. The number of carbonyl (C=O) groups is 1. The van der Waals surface area contributed by atoms with Crippen molar-refractivity contribution in [1.82, 2.24) is 9.78 Å². The highest BCUT2D eigenvalue weighted by Crippen LogP contribution is 2.17. The zero-order valence-electron chi connectivity index (χ0n) is 14.4. The van der Waals surface area contributed by atoms with Gasteiger partial charge in [-0.05, 0) is 42.0 Å². The summed E-state index contributed by atoms with van der Waals surface area (Å²) in [6.45, 7) is 1.68. The second-order valence-corrected chi connectivity index (χ2v) is 7.52. The Morgan fingerprint density at radius 1 is 1.15 bits per heavy atom. The number of carbonyl (C=O) groups excluding carboxylic acids is 1. The molecular weight excluding hydrogens is 371 g/mol. The van der Waals surface area contributed by atoms with Gasteiger partial charge in [-0.2, -0.15) is 5.10 Å². The van der Waals surface area contributed by atoms with Gasteiger partial charge < -0.3 is 5.32 Å². The topological polar surface area (TPSA) is 93.1 Å². The van der Waals surface area contributed by atoms with Crippen LogP contribution in [0.2, 0.25) is 0 Å². The molecule has 0 unspecified atom stereocenters. The van der Waals surface area contributed by atoms with Crippen molar-refractivity contribution in [3.05, 3.63) is 72.2 Å². The zero-order valence-corrected chi connectivity index (χ0v) is 15.2. The van der Waals surface area contributed by atoms with Crippen LogP contribution in [0, 0.1) is 5.82 Å². The summed E-state index contributed by atoms with van der Waals surface area (Å²) in [4.78, 5) is 11.1. The minimum Gasteiger partial charge on any atom is -0.326 e.